The maximum atomic E-state index is 12.9. The lowest BCUT2D eigenvalue weighted by Gasteiger charge is -2.31. The summed E-state index contributed by atoms with van der Waals surface area (Å²) >= 11 is 0. The Morgan fingerprint density at radius 3 is 2.86 bits per heavy atom. The highest BCUT2D eigenvalue weighted by atomic mass is 16.2. The second-order valence-electron chi connectivity index (χ2n) is 6.59. The zero-order chi connectivity index (χ0) is 15.0. The number of aromatic nitrogens is 2. The molecule has 1 amide bonds. The largest absolute Gasteiger partial charge is 0.396 e. The fraction of sp³-hybridized carbons (Fsp3) is 0.688. The lowest BCUT2D eigenvalue weighted by molar-refractivity contribution is 0.0684. The maximum absolute atomic E-state index is 12.9. The molecule has 1 aliphatic heterocycles. The number of nitrogens with zero attached hydrogens (tertiary/aromatic N) is 3. The molecule has 1 aromatic rings. The minimum absolute atomic E-state index is 0.00815. The predicted molar refractivity (Wildman–Crippen MR) is 81.9 cm³/mol. The first-order valence-corrected chi connectivity index (χ1v) is 8.01. The van der Waals surface area contributed by atoms with Crippen LogP contribution in [0, 0.1) is 5.92 Å². The molecule has 0 radical (unpaired) electrons. The summed E-state index contributed by atoms with van der Waals surface area (Å²) in [4.78, 5) is 23.5. The van der Waals surface area contributed by atoms with Gasteiger partial charge in [0.1, 0.15) is 5.82 Å². The Hall–Kier alpha value is -1.65. The molecule has 0 aromatic carbocycles. The molecule has 5 nitrogen and oxygen atoms in total. The Bertz CT molecular complexity index is 543. The summed E-state index contributed by atoms with van der Waals surface area (Å²) < 4.78 is 0. The van der Waals surface area contributed by atoms with E-state index < -0.39 is 0 Å². The van der Waals surface area contributed by atoms with Gasteiger partial charge in [-0.15, -0.1) is 0 Å². The highest BCUT2D eigenvalue weighted by Gasteiger charge is 2.39. The van der Waals surface area contributed by atoms with Crippen molar-refractivity contribution in [3.05, 3.63) is 17.7 Å². The zero-order valence-corrected chi connectivity index (χ0v) is 12.9. The molecular formula is C16H24N4O. The number of amides is 1. The third kappa shape index (κ3) is 2.61. The summed E-state index contributed by atoms with van der Waals surface area (Å²) in [6.45, 7) is 4.88. The van der Waals surface area contributed by atoms with E-state index in [-0.39, 0.29) is 11.8 Å². The van der Waals surface area contributed by atoms with Crippen LogP contribution in [0.15, 0.2) is 6.20 Å². The summed E-state index contributed by atoms with van der Waals surface area (Å²) in [6.07, 6.45) is 7.60. The topological polar surface area (TPSA) is 72.1 Å². The van der Waals surface area contributed by atoms with E-state index in [0.29, 0.717) is 29.2 Å². The molecule has 2 unspecified atom stereocenters. The molecule has 0 spiro atoms. The molecule has 114 valence electrons. The summed E-state index contributed by atoms with van der Waals surface area (Å²) in [6, 6.07) is 0.392. The van der Waals surface area contributed by atoms with Crippen molar-refractivity contribution in [3.8, 4) is 0 Å². The van der Waals surface area contributed by atoms with Gasteiger partial charge in [0.2, 0.25) is 0 Å². The molecule has 21 heavy (non-hydrogen) atoms. The van der Waals surface area contributed by atoms with Crippen molar-refractivity contribution < 1.29 is 4.79 Å². The Morgan fingerprint density at radius 2 is 2.10 bits per heavy atom. The van der Waals surface area contributed by atoms with E-state index >= 15 is 0 Å². The second kappa shape index (κ2) is 5.62. The van der Waals surface area contributed by atoms with Crippen molar-refractivity contribution in [2.75, 3.05) is 12.3 Å². The van der Waals surface area contributed by atoms with Gasteiger partial charge in [-0.1, -0.05) is 26.7 Å². The number of carbonyl (C=O) groups excluding carboxylic acids is 1. The van der Waals surface area contributed by atoms with Crippen molar-refractivity contribution in [3.63, 3.8) is 0 Å². The van der Waals surface area contributed by atoms with E-state index in [1.807, 2.05) is 18.7 Å². The first-order valence-electron chi connectivity index (χ1n) is 8.01. The second-order valence-corrected chi connectivity index (χ2v) is 6.59. The monoisotopic (exact) mass is 288 g/mol. The fourth-order valence-electron chi connectivity index (χ4n) is 3.65. The molecule has 1 aromatic heterocycles. The van der Waals surface area contributed by atoms with Crippen LogP contribution in [0.4, 0.5) is 5.69 Å². The first kappa shape index (κ1) is 14.3. The average molecular weight is 288 g/mol. The van der Waals surface area contributed by atoms with Gasteiger partial charge < -0.3 is 10.6 Å². The predicted octanol–water partition coefficient (Wildman–Crippen LogP) is 2.59. The van der Waals surface area contributed by atoms with Crippen molar-refractivity contribution in [1.82, 2.24) is 14.9 Å². The Morgan fingerprint density at radius 1 is 1.33 bits per heavy atom. The van der Waals surface area contributed by atoms with Gasteiger partial charge in [0.05, 0.1) is 11.9 Å². The molecule has 1 aliphatic carbocycles. The standard InChI is InChI=1S/C16H24N4O/c1-10(2)15-18-9-12(17)14(19-15)16(21)20-8-7-11-5-3-4-6-13(11)20/h9-11,13H,3-8,17H2,1-2H3. The van der Waals surface area contributed by atoms with Crippen LogP contribution in [0.3, 0.4) is 0 Å². The van der Waals surface area contributed by atoms with Gasteiger partial charge in [-0.2, -0.15) is 0 Å². The van der Waals surface area contributed by atoms with Gasteiger partial charge in [0, 0.05) is 18.5 Å². The highest BCUT2D eigenvalue weighted by molar-refractivity contribution is 5.97. The van der Waals surface area contributed by atoms with Crippen molar-refractivity contribution in [1.29, 1.82) is 0 Å². The number of anilines is 1. The number of nitrogen functional groups attached to an aromatic ring is 1. The molecule has 2 aliphatic rings. The van der Waals surface area contributed by atoms with E-state index in [0.717, 1.165) is 19.4 Å². The van der Waals surface area contributed by atoms with E-state index in [1.54, 1.807) is 6.20 Å². The van der Waals surface area contributed by atoms with Gasteiger partial charge in [-0.05, 0) is 25.2 Å². The van der Waals surface area contributed by atoms with Crippen LogP contribution in [-0.2, 0) is 0 Å². The van der Waals surface area contributed by atoms with Gasteiger partial charge in [-0.3, -0.25) is 4.79 Å². The van der Waals surface area contributed by atoms with Gasteiger partial charge >= 0.3 is 0 Å². The molecule has 1 saturated heterocycles. The number of carbonyl (C=O) groups is 1. The minimum Gasteiger partial charge on any atom is -0.396 e. The van der Waals surface area contributed by atoms with Crippen LogP contribution in [0.5, 0.6) is 0 Å². The van der Waals surface area contributed by atoms with Crippen molar-refractivity contribution in [2.45, 2.75) is 57.9 Å². The van der Waals surface area contributed by atoms with Crippen LogP contribution in [0.25, 0.3) is 0 Å². The quantitative estimate of drug-likeness (QED) is 0.908. The number of rotatable bonds is 2. The third-order valence-corrected chi connectivity index (χ3v) is 4.83. The third-order valence-electron chi connectivity index (χ3n) is 4.83. The molecule has 2 heterocycles. The molecule has 1 saturated carbocycles. The van der Waals surface area contributed by atoms with Gasteiger partial charge in [0.15, 0.2) is 5.69 Å². The number of hydrogen-bond donors (Lipinski definition) is 1. The van der Waals surface area contributed by atoms with Gasteiger partial charge in [-0.25, -0.2) is 9.97 Å². The first-order chi connectivity index (χ1) is 10.1. The van der Waals surface area contributed by atoms with E-state index in [4.69, 9.17) is 5.73 Å². The van der Waals surface area contributed by atoms with E-state index in [9.17, 15) is 4.79 Å². The molecular weight excluding hydrogens is 264 g/mol. The normalized spacial score (nSPS) is 25.2. The maximum Gasteiger partial charge on any atom is 0.274 e. The zero-order valence-electron chi connectivity index (χ0n) is 12.9. The van der Waals surface area contributed by atoms with Crippen LogP contribution in [-0.4, -0.2) is 33.4 Å². The summed E-state index contributed by atoms with van der Waals surface area (Å²) in [5.74, 6) is 1.55. The minimum atomic E-state index is -0.00815. The van der Waals surface area contributed by atoms with Crippen LogP contribution in [0.2, 0.25) is 0 Å². The van der Waals surface area contributed by atoms with Crippen LogP contribution >= 0.6 is 0 Å². The lowest BCUT2D eigenvalue weighted by Crippen LogP contribution is -2.40. The van der Waals surface area contributed by atoms with E-state index in [2.05, 4.69) is 9.97 Å². The summed E-state index contributed by atoms with van der Waals surface area (Å²) in [5, 5.41) is 0. The average Bonchev–Trinajstić information content (AvgIpc) is 2.90. The molecule has 3 rings (SSSR count). The van der Waals surface area contributed by atoms with Gasteiger partial charge in [0.25, 0.3) is 5.91 Å². The fourth-order valence-corrected chi connectivity index (χ4v) is 3.65. The molecule has 5 heteroatoms. The number of fused-ring (bicyclic) bond motifs is 1. The van der Waals surface area contributed by atoms with E-state index in [1.165, 1.54) is 19.3 Å². The number of nitrogens with two attached hydrogens (primary N) is 1. The molecule has 2 N–H and O–H groups in total. The summed E-state index contributed by atoms with van der Waals surface area (Å²) in [7, 11) is 0. The number of likely N-dealkylation sites (tertiary alicyclic amines) is 1. The SMILES string of the molecule is CC(C)c1ncc(N)c(C(=O)N2CCC3CCCCC32)n1. The summed E-state index contributed by atoms with van der Waals surface area (Å²) in [5.41, 5.74) is 6.73. The molecule has 2 fully saturated rings. The van der Waals surface area contributed by atoms with Crippen LogP contribution < -0.4 is 5.73 Å². The van der Waals surface area contributed by atoms with Crippen LogP contribution in [0.1, 0.15) is 68.2 Å². The Labute approximate surface area is 125 Å². The van der Waals surface area contributed by atoms with Crippen molar-refractivity contribution in [2.24, 2.45) is 5.92 Å². The Kier molecular flexibility index (Phi) is 3.83. The van der Waals surface area contributed by atoms with Crippen molar-refractivity contribution >= 4 is 11.6 Å². The Balaban J connectivity index is 1.86. The lowest BCUT2D eigenvalue weighted by atomic mass is 9.85. The smallest absolute Gasteiger partial charge is 0.274 e. The highest BCUT2D eigenvalue weighted by Crippen LogP contribution is 2.37. The molecule has 2 atom stereocenters. The number of hydrogen-bond acceptors (Lipinski definition) is 4. The molecule has 0 bridgehead atoms.